The molecule has 0 radical (unpaired) electrons. The monoisotopic (exact) mass is 304 g/mol. The van der Waals surface area contributed by atoms with Crippen molar-refractivity contribution in [2.75, 3.05) is 28.4 Å². The maximum atomic E-state index is 11.9. The van der Waals surface area contributed by atoms with E-state index in [1.54, 1.807) is 0 Å². The molecule has 0 aliphatic carbocycles. The molecule has 110 valence electrons. The van der Waals surface area contributed by atoms with Gasteiger partial charge in [-0.3, -0.25) is 9.13 Å². The second-order valence-corrected chi connectivity index (χ2v) is 8.47. The predicted molar refractivity (Wildman–Crippen MR) is 68.4 cm³/mol. The van der Waals surface area contributed by atoms with Gasteiger partial charge in [-0.25, -0.2) is 0 Å². The average molecular weight is 304 g/mol. The molecule has 18 heavy (non-hydrogen) atoms. The van der Waals surface area contributed by atoms with Crippen LogP contribution in [0.15, 0.2) is 0 Å². The van der Waals surface area contributed by atoms with Gasteiger partial charge in [-0.2, -0.15) is 0 Å². The number of hydrogen-bond acceptors (Lipinski definition) is 8. The second kappa shape index (κ2) is 7.72. The van der Waals surface area contributed by atoms with Gasteiger partial charge in [0.15, 0.2) is 0 Å². The molecule has 0 saturated heterocycles. The molecule has 2 atom stereocenters. The van der Waals surface area contributed by atoms with E-state index < -0.39 is 26.8 Å². The largest absolute Gasteiger partial charge is 0.346 e. The van der Waals surface area contributed by atoms with E-state index in [0.29, 0.717) is 0 Å². The van der Waals surface area contributed by atoms with Crippen LogP contribution in [0.1, 0.15) is 12.8 Å². The molecule has 0 bridgehead atoms. The van der Waals surface area contributed by atoms with Crippen LogP contribution in [-0.2, 0) is 27.2 Å². The van der Waals surface area contributed by atoms with Gasteiger partial charge in [0.2, 0.25) is 0 Å². The summed E-state index contributed by atoms with van der Waals surface area (Å²) in [6.45, 7) is 0. The third-order valence-electron chi connectivity index (χ3n) is 2.59. The van der Waals surface area contributed by atoms with Crippen LogP contribution >= 0.6 is 15.2 Å². The Hall–Kier alpha value is 0.220. The van der Waals surface area contributed by atoms with Gasteiger partial charge in [0.1, 0.15) is 11.6 Å². The first-order valence-corrected chi connectivity index (χ1v) is 8.45. The van der Waals surface area contributed by atoms with E-state index in [9.17, 15) is 9.13 Å². The van der Waals surface area contributed by atoms with Crippen LogP contribution in [0.2, 0.25) is 0 Å². The van der Waals surface area contributed by atoms with Gasteiger partial charge < -0.3 is 29.6 Å². The minimum absolute atomic E-state index is 0.205. The van der Waals surface area contributed by atoms with Gasteiger partial charge >= 0.3 is 15.2 Å². The van der Waals surface area contributed by atoms with Crippen molar-refractivity contribution in [2.45, 2.75) is 24.4 Å². The smallest absolute Gasteiger partial charge is 0.318 e. The lowest BCUT2D eigenvalue weighted by Gasteiger charge is -2.24. The lowest BCUT2D eigenvalue weighted by Crippen LogP contribution is -2.28. The number of rotatable bonds is 9. The van der Waals surface area contributed by atoms with Gasteiger partial charge in [-0.05, 0) is 12.8 Å². The summed E-state index contributed by atoms with van der Waals surface area (Å²) in [6.07, 6.45) is 0.410. The zero-order valence-electron chi connectivity index (χ0n) is 11.1. The highest BCUT2D eigenvalue weighted by molar-refractivity contribution is 7.55. The Morgan fingerprint density at radius 1 is 0.778 bits per heavy atom. The van der Waals surface area contributed by atoms with Gasteiger partial charge in [-0.15, -0.1) is 0 Å². The van der Waals surface area contributed by atoms with E-state index in [1.165, 1.54) is 28.4 Å². The summed E-state index contributed by atoms with van der Waals surface area (Å²) >= 11 is 0. The van der Waals surface area contributed by atoms with E-state index in [1.807, 2.05) is 0 Å². The summed E-state index contributed by atoms with van der Waals surface area (Å²) in [4.78, 5) is 0. The Morgan fingerprint density at radius 2 is 1.00 bits per heavy atom. The Kier molecular flexibility index (Phi) is 7.82. The van der Waals surface area contributed by atoms with Crippen molar-refractivity contribution < 1.29 is 27.2 Å². The topological polar surface area (TPSA) is 123 Å². The lowest BCUT2D eigenvalue weighted by atomic mass is 10.3. The fourth-order valence-corrected chi connectivity index (χ4v) is 3.66. The summed E-state index contributed by atoms with van der Waals surface area (Å²) < 4.78 is 42.8. The maximum absolute atomic E-state index is 11.9. The van der Waals surface area contributed by atoms with Crippen LogP contribution in [0.5, 0.6) is 0 Å². The first-order valence-electron chi connectivity index (χ1n) is 5.23. The predicted octanol–water partition coefficient (Wildman–Crippen LogP) is 1.31. The van der Waals surface area contributed by atoms with Crippen molar-refractivity contribution in [1.82, 2.24) is 0 Å². The van der Waals surface area contributed by atoms with Crippen molar-refractivity contribution in [3.8, 4) is 0 Å². The Balaban J connectivity index is 4.50. The normalized spacial score (nSPS) is 16.6. The minimum Gasteiger partial charge on any atom is -0.318 e. The van der Waals surface area contributed by atoms with E-state index in [4.69, 9.17) is 29.6 Å². The van der Waals surface area contributed by atoms with Crippen LogP contribution in [0, 0.1) is 0 Å². The van der Waals surface area contributed by atoms with Crippen LogP contribution in [0.3, 0.4) is 0 Å². The fraction of sp³-hybridized carbons (Fsp3) is 1.00. The highest BCUT2D eigenvalue weighted by Crippen LogP contribution is 2.54. The van der Waals surface area contributed by atoms with E-state index in [2.05, 4.69) is 0 Å². The van der Waals surface area contributed by atoms with Crippen molar-refractivity contribution in [1.29, 1.82) is 0 Å². The fourth-order valence-electron chi connectivity index (χ4n) is 1.35. The molecule has 0 aromatic rings. The molecular weight excluding hydrogens is 282 g/mol. The number of nitrogens with two attached hydrogens (primary N) is 2. The summed E-state index contributed by atoms with van der Waals surface area (Å²) in [5.41, 5.74) is 11.4. The summed E-state index contributed by atoms with van der Waals surface area (Å²) in [5.74, 6) is -1.69. The lowest BCUT2D eigenvalue weighted by molar-refractivity contribution is 0.256. The third-order valence-corrected chi connectivity index (χ3v) is 6.77. The van der Waals surface area contributed by atoms with Gasteiger partial charge in [0.25, 0.3) is 0 Å². The van der Waals surface area contributed by atoms with E-state index in [-0.39, 0.29) is 12.8 Å². The molecule has 0 fully saturated rings. The second-order valence-electron chi connectivity index (χ2n) is 3.52. The summed E-state index contributed by atoms with van der Waals surface area (Å²) in [7, 11) is -1.70. The molecule has 0 rings (SSSR count). The molecule has 4 N–H and O–H groups in total. The first kappa shape index (κ1) is 18.2. The van der Waals surface area contributed by atoms with Crippen molar-refractivity contribution in [2.24, 2.45) is 11.5 Å². The van der Waals surface area contributed by atoms with Crippen LogP contribution in [-0.4, -0.2) is 40.0 Å². The van der Waals surface area contributed by atoms with Crippen LogP contribution in [0.4, 0.5) is 0 Å². The summed E-state index contributed by atoms with van der Waals surface area (Å²) in [5, 5.41) is 0. The van der Waals surface area contributed by atoms with Crippen LogP contribution < -0.4 is 11.5 Å². The third kappa shape index (κ3) is 4.40. The molecule has 0 heterocycles. The quantitative estimate of drug-likeness (QED) is 0.611. The first-order chi connectivity index (χ1) is 8.29. The molecule has 0 spiro atoms. The molecule has 0 aromatic carbocycles. The van der Waals surface area contributed by atoms with Gasteiger partial charge in [-0.1, -0.05) is 0 Å². The highest BCUT2D eigenvalue weighted by atomic mass is 31.2. The Bertz CT molecular complexity index is 292. The molecule has 8 nitrogen and oxygen atoms in total. The molecule has 0 aromatic heterocycles. The van der Waals surface area contributed by atoms with Gasteiger partial charge in [0, 0.05) is 28.4 Å². The number of hydrogen-bond donors (Lipinski definition) is 2. The molecular formula is C8H22N2O6P2. The van der Waals surface area contributed by atoms with Crippen molar-refractivity contribution in [3.63, 3.8) is 0 Å². The average Bonchev–Trinajstić information content (AvgIpc) is 2.42. The molecule has 0 aliphatic heterocycles. The molecule has 0 aliphatic rings. The summed E-state index contributed by atoms with van der Waals surface area (Å²) in [6, 6.07) is 0. The van der Waals surface area contributed by atoms with E-state index in [0.717, 1.165) is 0 Å². The minimum atomic E-state index is -3.35. The zero-order chi connectivity index (χ0) is 14.4. The van der Waals surface area contributed by atoms with Crippen molar-refractivity contribution in [3.05, 3.63) is 0 Å². The Labute approximate surface area is 107 Å². The molecule has 10 heteroatoms. The highest BCUT2D eigenvalue weighted by Gasteiger charge is 2.35. The van der Waals surface area contributed by atoms with Crippen LogP contribution in [0.25, 0.3) is 0 Å². The van der Waals surface area contributed by atoms with Gasteiger partial charge in [0.05, 0.1) is 0 Å². The van der Waals surface area contributed by atoms with E-state index >= 15 is 0 Å². The van der Waals surface area contributed by atoms with Crippen molar-refractivity contribution >= 4 is 15.2 Å². The Morgan fingerprint density at radius 3 is 1.17 bits per heavy atom. The SMILES string of the molecule is COP(=O)(OC)C(N)CCC(N)P(=O)(OC)OC. The molecule has 0 amide bonds. The molecule has 0 saturated carbocycles. The standard InChI is InChI=1S/C8H22N2O6P2/c1-13-17(11,14-2)7(9)5-6-8(10)18(12,15-3)16-4/h7-8H,5-6,9-10H2,1-4H3. The maximum Gasteiger partial charge on any atom is 0.346 e. The molecule has 2 unspecified atom stereocenters. The zero-order valence-corrected chi connectivity index (χ0v) is 12.9.